The topological polar surface area (TPSA) is 52.0 Å². The predicted octanol–water partition coefficient (Wildman–Crippen LogP) is 5.09. The summed E-state index contributed by atoms with van der Waals surface area (Å²) in [7, 11) is 0. The van der Waals surface area contributed by atoms with E-state index in [-0.39, 0.29) is 23.0 Å². The molecule has 0 aliphatic heterocycles. The van der Waals surface area contributed by atoms with Crippen LogP contribution in [0, 0.1) is 24.7 Å². The van der Waals surface area contributed by atoms with Crippen LogP contribution in [0.4, 0.5) is 0 Å². The van der Waals surface area contributed by atoms with E-state index in [9.17, 15) is 9.59 Å². The number of imidazole rings is 1. The molecule has 4 nitrogen and oxygen atoms in total. The van der Waals surface area contributed by atoms with Gasteiger partial charge >= 0.3 is 0 Å². The van der Waals surface area contributed by atoms with Crippen molar-refractivity contribution in [1.29, 1.82) is 0 Å². The molecule has 158 valence electrons. The van der Waals surface area contributed by atoms with Crippen LogP contribution in [-0.2, 0) is 21.4 Å². The van der Waals surface area contributed by atoms with Crippen LogP contribution in [0.25, 0.3) is 16.8 Å². The van der Waals surface area contributed by atoms with Crippen LogP contribution in [0.5, 0.6) is 0 Å². The highest BCUT2D eigenvalue weighted by Crippen LogP contribution is 2.52. The Kier molecular flexibility index (Phi) is 4.69. The molecule has 2 aliphatic rings. The Bertz CT molecular complexity index is 1150. The Morgan fingerprint density at radius 3 is 2.42 bits per heavy atom. The molecule has 1 aromatic heterocycles. The van der Waals surface area contributed by atoms with E-state index in [1.807, 2.05) is 13.0 Å². The fraction of sp³-hybridized carbons (Fsp3) is 0.370. The van der Waals surface area contributed by atoms with E-state index in [4.69, 9.17) is 4.98 Å². The lowest BCUT2D eigenvalue weighted by atomic mass is 9.54. The third kappa shape index (κ3) is 3.00. The average molecular weight is 413 g/mol. The average Bonchev–Trinajstić information content (AvgIpc) is 3.14. The van der Waals surface area contributed by atoms with Crippen molar-refractivity contribution in [1.82, 2.24) is 9.55 Å². The Labute approximate surface area is 183 Å². The first-order chi connectivity index (χ1) is 14.9. The van der Waals surface area contributed by atoms with E-state index in [2.05, 4.69) is 66.9 Å². The minimum atomic E-state index is -0.516. The maximum Gasteiger partial charge on any atom is 0.146 e. The van der Waals surface area contributed by atoms with Gasteiger partial charge in [0.1, 0.15) is 17.9 Å². The van der Waals surface area contributed by atoms with Crippen molar-refractivity contribution in [2.45, 2.75) is 45.4 Å². The standard InChI is InChI=1S/C27H28N2O2/c1-17-23-13-14-24-26(27(23,3)15-21(16-30)25(17)31)28-18(2)29(24)22-11-9-20(10-12-22)19-7-5-4-6-8-19/h4-12,16-17,21,23H,13-15H2,1-3H3/t17-,21?,23-,27-/m0/s1. The second-order valence-corrected chi connectivity index (χ2v) is 9.40. The number of fused-ring (bicyclic) bond motifs is 3. The molecule has 4 heteroatoms. The van der Waals surface area contributed by atoms with Gasteiger partial charge in [0.15, 0.2) is 0 Å². The Hall–Kier alpha value is -3.01. The zero-order valence-corrected chi connectivity index (χ0v) is 18.3. The number of hydrogen-bond donors (Lipinski definition) is 0. The van der Waals surface area contributed by atoms with Gasteiger partial charge in [0, 0.05) is 22.7 Å². The monoisotopic (exact) mass is 412 g/mol. The van der Waals surface area contributed by atoms with Gasteiger partial charge in [-0.2, -0.15) is 0 Å². The number of Topliss-reactive ketones (excluding diaryl/α,β-unsaturated/α-hetero) is 1. The SMILES string of the molecule is Cc1nc2c(n1-c1ccc(-c3ccccc3)cc1)CC[C@H]1[C@H](C)C(=O)C(C=O)C[C@]21C. The summed E-state index contributed by atoms with van der Waals surface area (Å²) in [4.78, 5) is 29.3. The molecule has 1 unspecified atom stereocenters. The highest BCUT2D eigenvalue weighted by atomic mass is 16.1. The molecule has 3 aromatic rings. The number of aromatic nitrogens is 2. The number of carbonyl (C=O) groups excluding carboxylic acids is 2. The van der Waals surface area contributed by atoms with Crippen LogP contribution in [0.15, 0.2) is 54.6 Å². The van der Waals surface area contributed by atoms with E-state index in [0.717, 1.165) is 36.3 Å². The molecule has 31 heavy (non-hydrogen) atoms. The maximum absolute atomic E-state index is 12.7. The number of nitrogens with zero attached hydrogens (tertiary/aromatic N) is 2. The van der Waals surface area contributed by atoms with Gasteiger partial charge in [0.05, 0.1) is 11.6 Å². The summed E-state index contributed by atoms with van der Waals surface area (Å²) in [5.41, 5.74) is 5.58. The molecular weight excluding hydrogens is 384 g/mol. The van der Waals surface area contributed by atoms with Crippen molar-refractivity contribution < 1.29 is 9.59 Å². The van der Waals surface area contributed by atoms with E-state index in [1.165, 1.54) is 16.8 Å². The zero-order valence-electron chi connectivity index (χ0n) is 18.3. The summed E-state index contributed by atoms with van der Waals surface area (Å²) in [6.07, 6.45) is 3.27. The second-order valence-electron chi connectivity index (χ2n) is 9.40. The summed E-state index contributed by atoms with van der Waals surface area (Å²) < 4.78 is 2.27. The van der Waals surface area contributed by atoms with Gasteiger partial charge in [-0.25, -0.2) is 4.98 Å². The molecule has 0 saturated heterocycles. The van der Waals surface area contributed by atoms with Gasteiger partial charge in [-0.3, -0.25) is 4.79 Å². The van der Waals surface area contributed by atoms with Crippen LogP contribution < -0.4 is 0 Å². The van der Waals surface area contributed by atoms with Crippen molar-refractivity contribution in [2.24, 2.45) is 17.8 Å². The Morgan fingerprint density at radius 2 is 1.74 bits per heavy atom. The number of carbonyl (C=O) groups is 2. The lowest BCUT2D eigenvalue weighted by Crippen LogP contribution is -2.51. The number of benzene rings is 2. The van der Waals surface area contributed by atoms with Crippen LogP contribution in [0.2, 0.25) is 0 Å². The van der Waals surface area contributed by atoms with Gasteiger partial charge in [0.25, 0.3) is 0 Å². The first-order valence-electron chi connectivity index (χ1n) is 11.2. The van der Waals surface area contributed by atoms with E-state index >= 15 is 0 Å². The summed E-state index contributed by atoms with van der Waals surface area (Å²) in [5, 5.41) is 0. The molecule has 2 aromatic carbocycles. The molecule has 4 atom stereocenters. The Morgan fingerprint density at radius 1 is 1.06 bits per heavy atom. The molecular formula is C27H28N2O2. The molecule has 2 aliphatic carbocycles. The summed E-state index contributed by atoms with van der Waals surface area (Å²) >= 11 is 0. The molecule has 1 saturated carbocycles. The van der Waals surface area contributed by atoms with Gasteiger partial charge < -0.3 is 9.36 Å². The van der Waals surface area contributed by atoms with Crippen molar-refractivity contribution in [2.75, 3.05) is 0 Å². The lowest BCUT2D eigenvalue weighted by molar-refractivity contribution is -0.137. The van der Waals surface area contributed by atoms with E-state index in [1.54, 1.807) is 0 Å². The first kappa shape index (κ1) is 19.9. The number of aryl methyl sites for hydroxylation is 1. The zero-order chi connectivity index (χ0) is 21.8. The second kappa shape index (κ2) is 7.30. The molecule has 0 radical (unpaired) electrons. The van der Waals surface area contributed by atoms with E-state index < -0.39 is 5.92 Å². The van der Waals surface area contributed by atoms with Crippen molar-refractivity contribution >= 4 is 12.1 Å². The number of ketones is 1. The molecule has 0 bridgehead atoms. The van der Waals surface area contributed by atoms with Gasteiger partial charge in [-0.1, -0.05) is 56.3 Å². The molecule has 0 spiro atoms. The third-order valence-corrected chi connectivity index (χ3v) is 7.65. The highest BCUT2D eigenvalue weighted by molar-refractivity contribution is 5.96. The van der Waals surface area contributed by atoms with Crippen LogP contribution >= 0.6 is 0 Å². The number of rotatable bonds is 3. The van der Waals surface area contributed by atoms with Crippen molar-refractivity contribution in [3.63, 3.8) is 0 Å². The number of aldehydes is 1. The molecule has 1 fully saturated rings. The largest absolute Gasteiger partial charge is 0.303 e. The predicted molar refractivity (Wildman–Crippen MR) is 121 cm³/mol. The van der Waals surface area contributed by atoms with E-state index in [0.29, 0.717) is 6.42 Å². The highest BCUT2D eigenvalue weighted by Gasteiger charge is 2.53. The quantitative estimate of drug-likeness (QED) is 0.445. The molecule has 0 N–H and O–H groups in total. The van der Waals surface area contributed by atoms with Crippen LogP contribution in [-0.4, -0.2) is 21.6 Å². The fourth-order valence-electron chi connectivity index (χ4n) is 6.09. The summed E-state index contributed by atoms with van der Waals surface area (Å²) in [5.74, 6) is 0.697. The summed E-state index contributed by atoms with van der Waals surface area (Å²) in [6, 6.07) is 19.0. The normalized spacial score (nSPS) is 27.5. The molecule has 0 amide bonds. The molecule has 1 heterocycles. The smallest absolute Gasteiger partial charge is 0.146 e. The number of hydrogen-bond acceptors (Lipinski definition) is 3. The van der Waals surface area contributed by atoms with Gasteiger partial charge in [-0.15, -0.1) is 0 Å². The first-order valence-corrected chi connectivity index (χ1v) is 11.2. The minimum absolute atomic E-state index is 0.0993. The lowest BCUT2D eigenvalue weighted by Gasteiger charge is -2.48. The molecule has 5 rings (SSSR count). The maximum atomic E-state index is 12.7. The van der Waals surface area contributed by atoms with Crippen molar-refractivity contribution in [3.8, 4) is 16.8 Å². The minimum Gasteiger partial charge on any atom is -0.303 e. The van der Waals surface area contributed by atoms with Gasteiger partial charge in [0.2, 0.25) is 0 Å². The van der Waals surface area contributed by atoms with Crippen LogP contribution in [0.1, 0.15) is 43.9 Å². The third-order valence-electron chi connectivity index (χ3n) is 7.65. The van der Waals surface area contributed by atoms with Crippen molar-refractivity contribution in [3.05, 3.63) is 71.8 Å². The van der Waals surface area contributed by atoms with Crippen LogP contribution in [0.3, 0.4) is 0 Å². The summed E-state index contributed by atoms with van der Waals surface area (Å²) in [6.45, 7) is 6.26. The van der Waals surface area contributed by atoms with Gasteiger partial charge in [-0.05, 0) is 55.4 Å². The fourth-order valence-corrected chi connectivity index (χ4v) is 6.09. The Balaban J connectivity index is 1.56.